The van der Waals surface area contributed by atoms with Gasteiger partial charge < -0.3 is 10.2 Å². The van der Waals surface area contributed by atoms with Crippen LogP contribution in [0.4, 0.5) is 0 Å². The van der Waals surface area contributed by atoms with E-state index >= 15 is 0 Å². The van der Waals surface area contributed by atoms with E-state index in [0.29, 0.717) is 16.9 Å². The van der Waals surface area contributed by atoms with Gasteiger partial charge in [-0.2, -0.15) is 0 Å². The number of hydrogen-bond donors (Lipinski definition) is 3. The van der Waals surface area contributed by atoms with Gasteiger partial charge in [-0.05, 0) is 6.07 Å². The molecule has 0 aliphatic rings. The number of aliphatic hydroxyl groups is 1. The molecule has 0 aliphatic carbocycles. The number of carboxylic acids is 1. The summed E-state index contributed by atoms with van der Waals surface area (Å²) in [5.74, 6) is -1.39. The molecule has 1 aromatic carbocycles. The number of ketones is 1. The Morgan fingerprint density at radius 1 is 1.44 bits per heavy atom. The lowest BCUT2D eigenvalue weighted by atomic mass is 10.0. The molecule has 5 heteroatoms. The molecule has 16 heavy (non-hydrogen) atoms. The molecule has 86 valence electrons. The summed E-state index contributed by atoms with van der Waals surface area (Å²) in [7, 11) is 0. The summed E-state index contributed by atoms with van der Waals surface area (Å²) in [6, 6.07) is 4.37. The fraction of sp³-hybridized carbons (Fsp3) is 0.273. The quantitative estimate of drug-likeness (QED) is 0.553. The average Bonchev–Trinajstić information content (AvgIpc) is 2.26. The third kappa shape index (κ3) is 2.62. The second-order valence-corrected chi connectivity index (χ2v) is 3.77. The zero-order valence-corrected chi connectivity index (χ0v) is 9.57. The second-order valence-electron chi connectivity index (χ2n) is 3.29. The van der Waals surface area contributed by atoms with E-state index in [0.717, 1.165) is 0 Å². The van der Waals surface area contributed by atoms with Crippen LogP contribution >= 0.6 is 12.6 Å². The molecule has 0 heterocycles. The maximum atomic E-state index is 11.4. The summed E-state index contributed by atoms with van der Waals surface area (Å²) in [5.41, 5.74) is 0.650. The molecule has 0 saturated carbocycles. The topological polar surface area (TPSA) is 74.6 Å². The molecule has 0 saturated heterocycles. The summed E-state index contributed by atoms with van der Waals surface area (Å²) in [6.07, 6.45) is -1.24. The SMILES string of the molecule is CCC(=O)c1ccc(C(O)C(=O)O)c(S)c1. The summed E-state index contributed by atoms with van der Waals surface area (Å²) < 4.78 is 0. The van der Waals surface area contributed by atoms with Crippen molar-refractivity contribution in [1.29, 1.82) is 0 Å². The lowest BCUT2D eigenvalue weighted by Gasteiger charge is -2.09. The van der Waals surface area contributed by atoms with Crippen LogP contribution in [0.1, 0.15) is 35.4 Å². The molecule has 1 rings (SSSR count). The number of carbonyl (C=O) groups is 2. The smallest absolute Gasteiger partial charge is 0.337 e. The van der Waals surface area contributed by atoms with Crippen LogP contribution in [0, 0.1) is 0 Å². The third-order valence-electron chi connectivity index (χ3n) is 2.20. The van der Waals surface area contributed by atoms with Crippen LogP contribution in [0.2, 0.25) is 0 Å². The van der Waals surface area contributed by atoms with E-state index < -0.39 is 12.1 Å². The Hall–Kier alpha value is -1.33. The Morgan fingerprint density at radius 3 is 2.50 bits per heavy atom. The van der Waals surface area contributed by atoms with Crippen LogP contribution in [-0.2, 0) is 4.79 Å². The van der Waals surface area contributed by atoms with Gasteiger partial charge >= 0.3 is 5.97 Å². The van der Waals surface area contributed by atoms with Crippen LogP contribution in [0.3, 0.4) is 0 Å². The standard InChI is InChI=1S/C11H12O4S/c1-2-8(12)6-3-4-7(9(16)5-6)10(13)11(14)15/h3-5,10,13,16H,2H2,1H3,(H,14,15). The Labute approximate surface area is 98.3 Å². The number of benzene rings is 1. The molecule has 0 amide bonds. The summed E-state index contributed by atoms with van der Waals surface area (Å²) >= 11 is 4.06. The maximum absolute atomic E-state index is 11.4. The maximum Gasteiger partial charge on any atom is 0.337 e. The number of thiol groups is 1. The number of carbonyl (C=O) groups excluding carboxylic acids is 1. The number of Topliss-reactive ketones (excluding diaryl/α,β-unsaturated/α-hetero) is 1. The van der Waals surface area contributed by atoms with E-state index in [9.17, 15) is 14.7 Å². The minimum Gasteiger partial charge on any atom is -0.479 e. The molecule has 1 aromatic rings. The second kappa shape index (κ2) is 5.14. The first-order chi connectivity index (χ1) is 7.47. The predicted molar refractivity (Wildman–Crippen MR) is 60.9 cm³/mol. The lowest BCUT2D eigenvalue weighted by molar-refractivity contribution is -0.147. The van der Waals surface area contributed by atoms with Crippen molar-refractivity contribution < 1.29 is 19.8 Å². The van der Waals surface area contributed by atoms with Crippen molar-refractivity contribution in [3.63, 3.8) is 0 Å². The Morgan fingerprint density at radius 2 is 2.06 bits per heavy atom. The van der Waals surface area contributed by atoms with Crippen LogP contribution in [0.15, 0.2) is 23.1 Å². The van der Waals surface area contributed by atoms with E-state index in [1.54, 1.807) is 6.92 Å². The number of aliphatic carboxylic acids is 1. The van der Waals surface area contributed by atoms with E-state index in [2.05, 4.69) is 12.6 Å². The summed E-state index contributed by atoms with van der Waals surface area (Å²) in [5, 5.41) is 18.0. The highest BCUT2D eigenvalue weighted by molar-refractivity contribution is 7.80. The minimum atomic E-state index is -1.61. The largest absolute Gasteiger partial charge is 0.479 e. The van der Waals surface area contributed by atoms with Crippen LogP contribution in [0.25, 0.3) is 0 Å². The average molecular weight is 240 g/mol. The van der Waals surface area contributed by atoms with Crippen molar-refractivity contribution in [2.45, 2.75) is 24.3 Å². The van der Waals surface area contributed by atoms with E-state index in [1.165, 1.54) is 18.2 Å². The number of hydrogen-bond acceptors (Lipinski definition) is 4. The van der Waals surface area contributed by atoms with Gasteiger partial charge in [0.25, 0.3) is 0 Å². The molecule has 0 bridgehead atoms. The van der Waals surface area contributed by atoms with Crippen molar-refractivity contribution in [3.8, 4) is 0 Å². The first kappa shape index (κ1) is 12.7. The fourth-order valence-electron chi connectivity index (χ4n) is 1.29. The van der Waals surface area contributed by atoms with Gasteiger partial charge in [-0.3, -0.25) is 4.79 Å². The van der Waals surface area contributed by atoms with Crippen molar-refractivity contribution in [3.05, 3.63) is 29.3 Å². The van der Waals surface area contributed by atoms with Crippen LogP contribution < -0.4 is 0 Å². The normalized spacial score (nSPS) is 12.2. The van der Waals surface area contributed by atoms with Gasteiger partial charge in [0, 0.05) is 22.4 Å². The molecular formula is C11H12O4S. The van der Waals surface area contributed by atoms with Gasteiger partial charge in [-0.15, -0.1) is 12.6 Å². The van der Waals surface area contributed by atoms with Gasteiger partial charge in [0.05, 0.1) is 0 Å². The Balaban J connectivity index is 3.09. The number of aliphatic hydroxyl groups excluding tert-OH is 1. The highest BCUT2D eigenvalue weighted by Gasteiger charge is 2.19. The van der Waals surface area contributed by atoms with Gasteiger partial charge in [-0.25, -0.2) is 4.79 Å². The molecule has 0 spiro atoms. The summed E-state index contributed by atoms with van der Waals surface area (Å²) in [4.78, 5) is 22.2. The van der Waals surface area contributed by atoms with Crippen molar-refractivity contribution in [1.82, 2.24) is 0 Å². The van der Waals surface area contributed by atoms with Gasteiger partial charge in [0.1, 0.15) is 0 Å². The van der Waals surface area contributed by atoms with Crippen molar-refractivity contribution in [2.24, 2.45) is 0 Å². The molecule has 0 fully saturated rings. The number of carboxylic acid groups (broad SMARTS) is 1. The predicted octanol–water partition coefficient (Wildman–Crippen LogP) is 1.69. The Bertz CT molecular complexity index is 428. The molecule has 4 nitrogen and oxygen atoms in total. The van der Waals surface area contributed by atoms with Gasteiger partial charge in [0.2, 0.25) is 0 Å². The monoisotopic (exact) mass is 240 g/mol. The molecule has 0 aliphatic heterocycles. The highest BCUT2D eigenvalue weighted by Crippen LogP contribution is 2.23. The molecular weight excluding hydrogens is 228 g/mol. The van der Waals surface area contributed by atoms with Gasteiger partial charge in [-0.1, -0.05) is 19.1 Å². The van der Waals surface area contributed by atoms with Gasteiger partial charge in [0.15, 0.2) is 11.9 Å². The van der Waals surface area contributed by atoms with Crippen molar-refractivity contribution in [2.75, 3.05) is 0 Å². The van der Waals surface area contributed by atoms with E-state index in [-0.39, 0.29) is 11.3 Å². The molecule has 0 aromatic heterocycles. The molecule has 1 unspecified atom stereocenters. The van der Waals surface area contributed by atoms with Crippen LogP contribution in [0.5, 0.6) is 0 Å². The zero-order valence-electron chi connectivity index (χ0n) is 8.67. The molecule has 1 atom stereocenters. The zero-order chi connectivity index (χ0) is 12.3. The minimum absolute atomic E-state index is 0.0494. The molecule has 0 radical (unpaired) electrons. The molecule has 2 N–H and O–H groups in total. The number of rotatable bonds is 4. The first-order valence-corrected chi connectivity index (χ1v) is 5.19. The fourth-order valence-corrected chi connectivity index (χ4v) is 1.62. The van der Waals surface area contributed by atoms with Crippen molar-refractivity contribution >= 4 is 24.4 Å². The van der Waals surface area contributed by atoms with E-state index in [1.807, 2.05) is 0 Å². The highest BCUT2D eigenvalue weighted by atomic mass is 32.1. The first-order valence-electron chi connectivity index (χ1n) is 4.74. The van der Waals surface area contributed by atoms with E-state index in [4.69, 9.17) is 5.11 Å². The summed E-state index contributed by atoms with van der Waals surface area (Å²) in [6.45, 7) is 1.74. The Kier molecular flexibility index (Phi) is 4.09. The van der Waals surface area contributed by atoms with Crippen LogP contribution in [-0.4, -0.2) is 22.0 Å². The lowest BCUT2D eigenvalue weighted by Crippen LogP contribution is -2.11. The third-order valence-corrected chi connectivity index (χ3v) is 2.59.